The van der Waals surface area contributed by atoms with Crippen LogP contribution in [0.1, 0.15) is 11.1 Å². The Hall–Kier alpha value is -2.69. The van der Waals surface area contributed by atoms with Gasteiger partial charge >= 0.3 is 0 Å². The van der Waals surface area contributed by atoms with Crippen molar-refractivity contribution in [2.75, 3.05) is 11.1 Å². The highest BCUT2D eigenvalue weighted by molar-refractivity contribution is 6.33. The predicted molar refractivity (Wildman–Crippen MR) is 75.0 cm³/mol. The van der Waals surface area contributed by atoms with E-state index in [1.54, 1.807) is 36.4 Å². The van der Waals surface area contributed by atoms with E-state index < -0.39 is 0 Å². The molecule has 0 saturated heterocycles. The minimum absolute atomic E-state index is 0.415. The van der Waals surface area contributed by atoms with Crippen LogP contribution >= 0.6 is 11.6 Å². The number of nitrogens with one attached hydrogen (secondary N) is 1. The number of nitrogen functional groups attached to an aromatic ring is 1. The highest BCUT2D eigenvalue weighted by Gasteiger charge is 2.06. The first kappa shape index (κ1) is 12.8. The van der Waals surface area contributed by atoms with Gasteiger partial charge in [0.1, 0.15) is 6.07 Å². The van der Waals surface area contributed by atoms with Crippen LogP contribution in [-0.4, -0.2) is 0 Å². The molecule has 0 aliphatic rings. The summed E-state index contributed by atoms with van der Waals surface area (Å²) in [5, 5.41) is 21.4. The molecule has 0 heterocycles. The summed E-state index contributed by atoms with van der Waals surface area (Å²) in [7, 11) is 0. The van der Waals surface area contributed by atoms with E-state index in [9.17, 15) is 0 Å². The summed E-state index contributed by atoms with van der Waals surface area (Å²) >= 11 is 6.05. The first-order chi connectivity index (χ1) is 9.13. The van der Waals surface area contributed by atoms with Crippen LogP contribution in [0.3, 0.4) is 0 Å². The van der Waals surface area contributed by atoms with Crippen molar-refractivity contribution in [1.82, 2.24) is 0 Å². The number of hydrogen-bond acceptors (Lipinski definition) is 4. The minimum atomic E-state index is 0.415. The van der Waals surface area contributed by atoms with Gasteiger partial charge in [0.05, 0.1) is 33.6 Å². The molecule has 0 aliphatic carbocycles. The van der Waals surface area contributed by atoms with E-state index in [0.29, 0.717) is 33.2 Å². The monoisotopic (exact) mass is 268 g/mol. The van der Waals surface area contributed by atoms with Crippen molar-refractivity contribution in [2.45, 2.75) is 0 Å². The highest BCUT2D eigenvalue weighted by atomic mass is 35.5. The van der Waals surface area contributed by atoms with Crippen LogP contribution in [0.5, 0.6) is 0 Å². The Morgan fingerprint density at radius 3 is 2.47 bits per heavy atom. The zero-order chi connectivity index (χ0) is 13.8. The Morgan fingerprint density at radius 2 is 1.79 bits per heavy atom. The lowest BCUT2D eigenvalue weighted by Crippen LogP contribution is -1.96. The Balaban J connectivity index is 2.42. The normalized spacial score (nSPS) is 9.42. The average molecular weight is 269 g/mol. The van der Waals surface area contributed by atoms with Gasteiger partial charge in [0, 0.05) is 5.69 Å². The van der Waals surface area contributed by atoms with Crippen LogP contribution in [0.25, 0.3) is 0 Å². The maximum absolute atomic E-state index is 9.06. The average Bonchev–Trinajstić information content (AvgIpc) is 2.43. The van der Waals surface area contributed by atoms with Crippen LogP contribution in [-0.2, 0) is 0 Å². The number of rotatable bonds is 2. The lowest BCUT2D eigenvalue weighted by molar-refractivity contribution is 1.45. The molecule has 2 aromatic rings. The molecule has 2 aromatic carbocycles. The number of benzene rings is 2. The number of nitrogens with two attached hydrogens (primary N) is 1. The SMILES string of the molecule is N#Cc1ccc(Cl)c(Nc2ccc(N)cc2C#N)c1. The number of halogens is 1. The Labute approximate surface area is 115 Å². The van der Waals surface area contributed by atoms with E-state index in [0.717, 1.165) is 0 Å². The molecule has 0 atom stereocenters. The van der Waals surface area contributed by atoms with Crippen molar-refractivity contribution < 1.29 is 0 Å². The summed E-state index contributed by atoms with van der Waals surface area (Å²) < 4.78 is 0. The maximum Gasteiger partial charge on any atom is 0.101 e. The molecule has 2 rings (SSSR count). The summed E-state index contributed by atoms with van der Waals surface area (Å²) in [4.78, 5) is 0. The standard InChI is InChI=1S/C14H9ClN4/c15-12-3-1-9(7-16)5-14(12)19-13-4-2-11(18)6-10(13)8-17/h1-6,19H,18H2. The molecule has 0 saturated carbocycles. The van der Waals surface area contributed by atoms with Crippen LogP contribution in [0.15, 0.2) is 36.4 Å². The van der Waals surface area contributed by atoms with Gasteiger partial charge in [0.25, 0.3) is 0 Å². The fraction of sp³-hybridized carbons (Fsp3) is 0. The Morgan fingerprint density at radius 1 is 1.00 bits per heavy atom. The van der Waals surface area contributed by atoms with Gasteiger partial charge in [0.15, 0.2) is 0 Å². The topological polar surface area (TPSA) is 85.6 Å². The van der Waals surface area contributed by atoms with Crippen LogP contribution in [0, 0.1) is 22.7 Å². The molecule has 3 N–H and O–H groups in total. The van der Waals surface area contributed by atoms with Gasteiger partial charge in [-0.25, -0.2) is 0 Å². The molecule has 0 unspecified atom stereocenters. The quantitative estimate of drug-likeness (QED) is 0.817. The summed E-state index contributed by atoms with van der Waals surface area (Å²) in [6, 6.07) is 13.9. The van der Waals surface area contributed by atoms with Gasteiger partial charge in [0.2, 0.25) is 0 Å². The van der Waals surface area contributed by atoms with Crippen molar-refractivity contribution in [3.05, 3.63) is 52.5 Å². The van der Waals surface area contributed by atoms with Gasteiger partial charge < -0.3 is 11.1 Å². The molecule has 92 valence electrons. The smallest absolute Gasteiger partial charge is 0.101 e. The first-order valence-corrected chi connectivity index (χ1v) is 5.78. The van der Waals surface area contributed by atoms with E-state index in [1.165, 1.54) is 0 Å². The maximum atomic E-state index is 9.06. The molecule has 0 aliphatic heterocycles. The van der Waals surface area contributed by atoms with E-state index in [1.807, 2.05) is 6.07 Å². The molecular formula is C14H9ClN4. The third kappa shape index (κ3) is 2.77. The fourth-order valence-corrected chi connectivity index (χ4v) is 1.76. The molecular weight excluding hydrogens is 260 g/mol. The molecule has 0 bridgehead atoms. The van der Waals surface area contributed by atoms with Crippen molar-refractivity contribution in [2.24, 2.45) is 0 Å². The summed E-state index contributed by atoms with van der Waals surface area (Å²) in [6.07, 6.45) is 0. The first-order valence-electron chi connectivity index (χ1n) is 5.40. The van der Waals surface area contributed by atoms with E-state index in [4.69, 9.17) is 27.9 Å². The minimum Gasteiger partial charge on any atom is -0.399 e. The number of anilines is 3. The Kier molecular flexibility index (Phi) is 3.56. The largest absolute Gasteiger partial charge is 0.399 e. The van der Waals surface area contributed by atoms with Gasteiger partial charge in [-0.1, -0.05) is 11.6 Å². The molecule has 19 heavy (non-hydrogen) atoms. The molecule has 0 spiro atoms. The van der Waals surface area contributed by atoms with Crippen LogP contribution in [0.2, 0.25) is 5.02 Å². The number of nitrogens with zero attached hydrogens (tertiary/aromatic N) is 2. The highest BCUT2D eigenvalue weighted by Crippen LogP contribution is 2.28. The lowest BCUT2D eigenvalue weighted by Gasteiger charge is -2.10. The summed E-state index contributed by atoms with van der Waals surface area (Å²) in [5.41, 5.74) is 8.20. The van der Waals surface area contributed by atoms with Crippen LogP contribution < -0.4 is 11.1 Å². The van der Waals surface area contributed by atoms with Gasteiger partial charge in [-0.2, -0.15) is 10.5 Å². The second kappa shape index (κ2) is 5.30. The van der Waals surface area contributed by atoms with Crippen molar-refractivity contribution >= 4 is 28.7 Å². The van der Waals surface area contributed by atoms with Crippen LogP contribution in [0.4, 0.5) is 17.1 Å². The second-order valence-corrected chi connectivity index (χ2v) is 4.26. The fourth-order valence-electron chi connectivity index (χ4n) is 1.60. The molecule has 0 radical (unpaired) electrons. The van der Waals surface area contributed by atoms with E-state index >= 15 is 0 Å². The van der Waals surface area contributed by atoms with Crippen molar-refractivity contribution in [3.63, 3.8) is 0 Å². The molecule has 0 amide bonds. The van der Waals surface area contributed by atoms with Gasteiger partial charge in [-0.15, -0.1) is 0 Å². The third-order valence-corrected chi connectivity index (χ3v) is 2.86. The summed E-state index contributed by atoms with van der Waals surface area (Å²) in [6.45, 7) is 0. The summed E-state index contributed by atoms with van der Waals surface area (Å²) in [5.74, 6) is 0. The molecule has 0 fully saturated rings. The number of hydrogen-bond donors (Lipinski definition) is 2. The van der Waals surface area contributed by atoms with E-state index in [2.05, 4.69) is 11.4 Å². The van der Waals surface area contributed by atoms with Gasteiger partial charge in [-0.05, 0) is 36.4 Å². The predicted octanol–water partition coefficient (Wildman–Crippen LogP) is 3.41. The third-order valence-electron chi connectivity index (χ3n) is 2.53. The Bertz CT molecular complexity index is 710. The number of nitriles is 2. The zero-order valence-corrected chi connectivity index (χ0v) is 10.6. The zero-order valence-electron chi connectivity index (χ0n) is 9.81. The van der Waals surface area contributed by atoms with Gasteiger partial charge in [-0.3, -0.25) is 0 Å². The van der Waals surface area contributed by atoms with Crippen molar-refractivity contribution in [1.29, 1.82) is 10.5 Å². The lowest BCUT2D eigenvalue weighted by atomic mass is 10.1. The molecule has 5 heteroatoms. The van der Waals surface area contributed by atoms with Crippen molar-refractivity contribution in [3.8, 4) is 12.1 Å². The van der Waals surface area contributed by atoms with E-state index in [-0.39, 0.29) is 0 Å². The molecule has 0 aromatic heterocycles. The second-order valence-electron chi connectivity index (χ2n) is 3.85. The molecule has 4 nitrogen and oxygen atoms in total.